The summed E-state index contributed by atoms with van der Waals surface area (Å²) in [5, 5.41) is 5.33. The van der Waals surface area contributed by atoms with Crippen LogP contribution in [0.25, 0.3) is 0 Å². The summed E-state index contributed by atoms with van der Waals surface area (Å²) in [6.45, 7) is 6.71. The number of carbonyl (C=O) groups excluding carboxylic acids is 2. The molecule has 0 radical (unpaired) electrons. The van der Waals surface area contributed by atoms with Crippen molar-refractivity contribution in [1.29, 1.82) is 0 Å². The van der Waals surface area contributed by atoms with E-state index in [1.54, 1.807) is 11.9 Å². The Morgan fingerprint density at radius 2 is 2.00 bits per heavy atom. The fraction of sp³-hybridized carbons (Fsp3) is 0.833. The lowest BCUT2D eigenvalue weighted by atomic mass is 10.1. The third-order valence-electron chi connectivity index (χ3n) is 2.64. The monoisotopic (exact) mass is 257 g/mol. The molecular weight excluding hydrogens is 234 g/mol. The van der Waals surface area contributed by atoms with Crippen molar-refractivity contribution in [2.24, 2.45) is 0 Å². The van der Waals surface area contributed by atoms with Gasteiger partial charge in [0.25, 0.3) is 0 Å². The molecule has 0 aromatic heterocycles. The smallest absolute Gasteiger partial charge is 0.410 e. The van der Waals surface area contributed by atoms with Gasteiger partial charge in [-0.15, -0.1) is 0 Å². The van der Waals surface area contributed by atoms with Crippen LogP contribution >= 0.6 is 0 Å². The standard InChI is InChI=1S/C12H23N3O3/c1-12(2,3)18-11(17)15-7-5-6-9(8-15)14-10(16)13-4/h9H,5-8H2,1-4H3,(H2,13,14,16)/t9-/m1/s1. The molecule has 2 N–H and O–H groups in total. The van der Waals surface area contributed by atoms with Crippen molar-refractivity contribution < 1.29 is 14.3 Å². The average Bonchev–Trinajstić information content (AvgIpc) is 2.27. The Balaban J connectivity index is 2.48. The second kappa shape index (κ2) is 5.93. The van der Waals surface area contributed by atoms with Gasteiger partial charge in [-0.3, -0.25) is 0 Å². The van der Waals surface area contributed by atoms with Crippen molar-refractivity contribution in [3.05, 3.63) is 0 Å². The maximum atomic E-state index is 11.9. The third kappa shape index (κ3) is 4.81. The van der Waals surface area contributed by atoms with Gasteiger partial charge in [-0.25, -0.2) is 9.59 Å². The molecular formula is C12H23N3O3. The molecule has 0 aromatic carbocycles. The molecule has 1 aliphatic rings. The minimum absolute atomic E-state index is 0.00813. The van der Waals surface area contributed by atoms with Gasteiger partial charge in [0.05, 0.1) is 0 Å². The normalized spacial score (nSPS) is 20.2. The topological polar surface area (TPSA) is 70.7 Å². The zero-order valence-electron chi connectivity index (χ0n) is 11.6. The SMILES string of the molecule is CNC(=O)N[C@@H]1CCCN(C(=O)OC(C)(C)C)C1. The van der Waals surface area contributed by atoms with Crippen molar-refractivity contribution in [2.75, 3.05) is 20.1 Å². The molecule has 3 amide bonds. The molecule has 1 atom stereocenters. The Kier molecular flexibility index (Phi) is 4.81. The van der Waals surface area contributed by atoms with Crippen LogP contribution in [-0.2, 0) is 4.74 Å². The van der Waals surface area contributed by atoms with E-state index in [1.165, 1.54) is 0 Å². The summed E-state index contributed by atoms with van der Waals surface area (Å²) in [5.41, 5.74) is -0.488. The Bertz CT molecular complexity index is 312. The van der Waals surface area contributed by atoms with Gasteiger partial charge >= 0.3 is 12.1 Å². The molecule has 6 nitrogen and oxygen atoms in total. The second-order valence-electron chi connectivity index (χ2n) is 5.49. The van der Waals surface area contributed by atoms with Crippen LogP contribution in [0.15, 0.2) is 0 Å². The number of nitrogens with zero attached hydrogens (tertiary/aromatic N) is 1. The number of likely N-dealkylation sites (tertiary alicyclic amines) is 1. The number of hydrogen-bond donors (Lipinski definition) is 2. The highest BCUT2D eigenvalue weighted by molar-refractivity contribution is 5.74. The minimum Gasteiger partial charge on any atom is -0.444 e. The predicted molar refractivity (Wildman–Crippen MR) is 68.4 cm³/mol. The van der Waals surface area contributed by atoms with E-state index in [0.29, 0.717) is 13.1 Å². The number of ether oxygens (including phenoxy) is 1. The lowest BCUT2D eigenvalue weighted by Crippen LogP contribution is -2.52. The van der Waals surface area contributed by atoms with Crippen LogP contribution in [-0.4, -0.2) is 48.8 Å². The molecule has 0 saturated carbocycles. The van der Waals surface area contributed by atoms with E-state index in [1.807, 2.05) is 20.8 Å². The summed E-state index contributed by atoms with van der Waals surface area (Å²) in [6.07, 6.45) is 1.44. The van der Waals surface area contributed by atoms with Crippen LogP contribution in [0.5, 0.6) is 0 Å². The Hall–Kier alpha value is -1.46. The molecule has 1 saturated heterocycles. The first-order valence-electron chi connectivity index (χ1n) is 6.28. The van der Waals surface area contributed by atoms with E-state index < -0.39 is 5.60 Å². The number of amides is 3. The average molecular weight is 257 g/mol. The van der Waals surface area contributed by atoms with Crippen LogP contribution in [0.2, 0.25) is 0 Å². The maximum Gasteiger partial charge on any atom is 0.410 e. The zero-order chi connectivity index (χ0) is 13.8. The van der Waals surface area contributed by atoms with Gasteiger partial charge in [-0.1, -0.05) is 0 Å². The highest BCUT2D eigenvalue weighted by Gasteiger charge is 2.28. The molecule has 0 bridgehead atoms. The van der Waals surface area contributed by atoms with E-state index in [2.05, 4.69) is 10.6 Å². The van der Waals surface area contributed by atoms with E-state index in [-0.39, 0.29) is 18.2 Å². The fourth-order valence-electron chi connectivity index (χ4n) is 1.84. The summed E-state index contributed by atoms with van der Waals surface area (Å²) in [6, 6.07) is -0.225. The van der Waals surface area contributed by atoms with Crippen molar-refractivity contribution in [1.82, 2.24) is 15.5 Å². The first-order chi connectivity index (χ1) is 8.31. The van der Waals surface area contributed by atoms with Crippen molar-refractivity contribution in [3.63, 3.8) is 0 Å². The molecule has 0 aliphatic carbocycles. The molecule has 18 heavy (non-hydrogen) atoms. The van der Waals surface area contributed by atoms with Gasteiger partial charge in [0.15, 0.2) is 0 Å². The number of piperidine rings is 1. The summed E-state index contributed by atoms with van der Waals surface area (Å²) in [7, 11) is 1.57. The van der Waals surface area contributed by atoms with Crippen LogP contribution in [0.3, 0.4) is 0 Å². The predicted octanol–water partition coefficient (Wildman–Crippen LogP) is 1.31. The lowest BCUT2D eigenvalue weighted by Gasteiger charge is -2.34. The first-order valence-corrected chi connectivity index (χ1v) is 6.28. The number of carbonyl (C=O) groups is 2. The van der Waals surface area contributed by atoms with Crippen LogP contribution in [0, 0.1) is 0 Å². The number of urea groups is 1. The van der Waals surface area contributed by atoms with Crippen LogP contribution < -0.4 is 10.6 Å². The Morgan fingerprint density at radius 1 is 1.33 bits per heavy atom. The Morgan fingerprint density at radius 3 is 2.56 bits per heavy atom. The molecule has 1 aliphatic heterocycles. The van der Waals surface area contributed by atoms with E-state index >= 15 is 0 Å². The fourth-order valence-corrected chi connectivity index (χ4v) is 1.84. The molecule has 6 heteroatoms. The van der Waals surface area contributed by atoms with E-state index in [0.717, 1.165) is 12.8 Å². The highest BCUT2D eigenvalue weighted by atomic mass is 16.6. The van der Waals surface area contributed by atoms with Crippen LogP contribution in [0.4, 0.5) is 9.59 Å². The van der Waals surface area contributed by atoms with E-state index in [9.17, 15) is 9.59 Å². The second-order valence-corrected chi connectivity index (χ2v) is 5.49. The number of rotatable bonds is 1. The highest BCUT2D eigenvalue weighted by Crippen LogP contribution is 2.15. The molecule has 0 aromatic rings. The summed E-state index contributed by atoms with van der Waals surface area (Å²) < 4.78 is 5.32. The Labute approximate surface area is 108 Å². The lowest BCUT2D eigenvalue weighted by molar-refractivity contribution is 0.0191. The van der Waals surface area contributed by atoms with Crippen molar-refractivity contribution in [2.45, 2.75) is 45.3 Å². The molecule has 1 fully saturated rings. The molecule has 0 spiro atoms. The molecule has 0 unspecified atom stereocenters. The molecule has 1 heterocycles. The van der Waals surface area contributed by atoms with Crippen LogP contribution in [0.1, 0.15) is 33.6 Å². The number of hydrogen-bond acceptors (Lipinski definition) is 3. The van der Waals surface area contributed by atoms with Crippen molar-refractivity contribution >= 4 is 12.1 Å². The van der Waals surface area contributed by atoms with Gasteiger partial charge in [-0.05, 0) is 33.6 Å². The summed E-state index contributed by atoms with van der Waals surface area (Å²) in [4.78, 5) is 24.8. The van der Waals surface area contributed by atoms with Gasteiger partial charge in [0.1, 0.15) is 5.60 Å². The van der Waals surface area contributed by atoms with Gasteiger partial charge < -0.3 is 20.3 Å². The third-order valence-corrected chi connectivity index (χ3v) is 2.64. The van der Waals surface area contributed by atoms with Gasteiger partial charge in [0.2, 0.25) is 0 Å². The largest absolute Gasteiger partial charge is 0.444 e. The van der Waals surface area contributed by atoms with E-state index in [4.69, 9.17) is 4.74 Å². The number of nitrogens with one attached hydrogen (secondary N) is 2. The van der Waals surface area contributed by atoms with Crippen molar-refractivity contribution in [3.8, 4) is 0 Å². The quantitative estimate of drug-likeness (QED) is 0.744. The molecule has 1 rings (SSSR count). The summed E-state index contributed by atoms with van der Waals surface area (Å²) in [5.74, 6) is 0. The first kappa shape index (κ1) is 14.6. The zero-order valence-corrected chi connectivity index (χ0v) is 11.6. The summed E-state index contributed by atoms with van der Waals surface area (Å²) >= 11 is 0. The van der Waals surface area contributed by atoms with Gasteiger partial charge in [-0.2, -0.15) is 0 Å². The van der Waals surface area contributed by atoms with Gasteiger partial charge in [0, 0.05) is 26.2 Å². The minimum atomic E-state index is -0.488. The maximum absolute atomic E-state index is 11.9. The molecule has 104 valence electrons.